The largest absolute Gasteiger partial charge is 0.369 e. The van der Waals surface area contributed by atoms with E-state index in [2.05, 4.69) is 57.8 Å². The Hall–Kier alpha value is -2.24. The monoisotopic (exact) mass is 364 g/mol. The summed E-state index contributed by atoms with van der Waals surface area (Å²) in [5.74, 6) is 0.487. The van der Waals surface area contributed by atoms with Gasteiger partial charge in [0, 0.05) is 23.3 Å². The molecule has 1 aliphatic rings. The van der Waals surface area contributed by atoms with E-state index in [1.807, 2.05) is 30.3 Å². The maximum atomic E-state index is 9.65. The molecule has 1 aliphatic heterocycles. The lowest BCUT2D eigenvalue weighted by atomic mass is 9.79. The highest BCUT2D eigenvalue weighted by Crippen LogP contribution is 2.43. The number of benzene rings is 2. The Morgan fingerprint density at radius 3 is 2.69 bits per heavy atom. The van der Waals surface area contributed by atoms with Crippen molar-refractivity contribution in [2.24, 2.45) is 0 Å². The van der Waals surface area contributed by atoms with Crippen molar-refractivity contribution >= 4 is 28.9 Å². The second-order valence-electron chi connectivity index (χ2n) is 7.92. The number of halogens is 1. The summed E-state index contributed by atoms with van der Waals surface area (Å²) in [5.41, 5.74) is 6.55. The van der Waals surface area contributed by atoms with Crippen LogP contribution < -0.4 is 4.90 Å². The van der Waals surface area contributed by atoms with Crippen LogP contribution in [0.2, 0.25) is 5.02 Å². The van der Waals surface area contributed by atoms with Crippen LogP contribution in [0.5, 0.6) is 0 Å². The third-order valence-electron chi connectivity index (χ3n) is 5.58. The van der Waals surface area contributed by atoms with Crippen LogP contribution in [0.4, 0.5) is 5.69 Å². The highest BCUT2D eigenvalue weighted by atomic mass is 35.5. The molecule has 1 atom stereocenters. The predicted octanol–water partition coefficient (Wildman–Crippen LogP) is 6.43. The van der Waals surface area contributed by atoms with Crippen molar-refractivity contribution in [3.8, 4) is 6.07 Å². The molecule has 0 bridgehead atoms. The van der Waals surface area contributed by atoms with Crippen LogP contribution in [0, 0.1) is 18.3 Å². The van der Waals surface area contributed by atoms with Crippen LogP contribution in [0.15, 0.2) is 36.4 Å². The SMILES string of the molecule is Cc1cc2c(cc1/C=C(/C#N)c1cccc(Cl)c1)[C@@H](C)CC(C)(C)N2C. The van der Waals surface area contributed by atoms with Crippen LogP contribution in [-0.4, -0.2) is 12.6 Å². The van der Waals surface area contributed by atoms with Gasteiger partial charge in [-0.3, -0.25) is 0 Å². The van der Waals surface area contributed by atoms with Gasteiger partial charge in [-0.05, 0) is 85.7 Å². The molecule has 0 aliphatic carbocycles. The molecule has 134 valence electrons. The fourth-order valence-electron chi connectivity index (χ4n) is 3.88. The molecule has 0 saturated carbocycles. The third kappa shape index (κ3) is 3.37. The number of allylic oxidation sites excluding steroid dienone is 1. The second kappa shape index (κ2) is 6.82. The van der Waals surface area contributed by atoms with Gasteiger partial charge < -0.3 is 4.90 Å². The molecule has 2 aromatic rings. The van der Waals surface area contributed by atoms with E-state index in [-0.39, 0.29) is 5.54 Å². The second-order valence-corrected chi connectivity index (χ2v) is 8.36. The Morgan fingerprint density at radius 2 is 2.04 bits per heavy atom. The van der Waals surface area contributed by atoms with Crippen molar-refractivity contribution < 1.29 is 0 Å². The topological polar surface area (TPSA) is 27.0 Å². The van der Waals surface area contributed by atoms with Gasteiger partial charge in [-0.25, -0.2) is 0 Å². The lowest BCUT2D eigenvalue weighted by Crippen LogP contribution is -2.45. The molecule has 0 fully saturated rings. The fraction of sp³-hybridized carbons (Fsp3) is 0.348. The van der Waals surface area contributed by atoms with Crippen molar-refractivity contribution in [3.05, 3.63) is 63.7 Å². The number of aryl methyl sites for hydroxylation is 1. The van der Waals surface area contributed by atoms with Crippen LogP contribution in [0.3, 0.4) is 0 Å². The summed E-state index contributed by atoms with van der Waals surface area (Å²) >= 11 is 6.09. The van der Waals surface area contributed by atoms with Gasteiger partial charge in [0.25, 0.3) is 0 Å². The first-order valence-corrected chi connectivity index (χ1v) is 9.37. The summed E-state index contributed by atoms with van der Waals surface area (Å²) < 4.78 is 0. The quantitative estimate of drug-likeness (QED) is 0.453. The van der Waals surface area contributed by atoms with E-state index in [0.717, 1.165) is 17.5 Å². The number of nitrogens with zero attached hydrogens (tertiary/aromatic N) is 2. The van der Waals surface area contributed by atoms with Crippen molar-refractivity contribution in [2.45, 2.75) is 45.6 Å². The standard InChI is InChI=1S/C23H25ClN2/c1-15-9-22-21(16(2)13-23(3,4)26(22)5)12-18(15)10-19(14-25)17-7-6-8-20(24)11-17/h6-12,16H,13H2,1-5H3/b19-10-/t16-/m0/s1. The first-order valence-electron chi connectivity index (χ1n) is 8.99. The van der Waals surface area contributed by atoms with Gasteiger partial charge in [0.15, 0.2) is 0 Å². The van der Waals surface area contributed by atoms with E-state index in [0.29, 0.717) is 16.5 Å². The molecule has 0 aromatic heterocycles. The summed E-state index contributed by atoms with van der Waals surface area (Å²) in [6.07, 6.45) is 3.09. The van der Waals surface area contributed by atoms with Crippen LogP contribution in [-0.2, 0) is 0 Å². The fourth-order valence-corrected chi connectivity index (χ4v) is 4.07. The van der Waals surface area contributed by atoms with Crippen LogP contribution >= 0.6 is 11.6 Å². The summed E-state index contributed by atoms with van der Waals surface area (Å²) in [5, 5.41) is 10.3. The van der Waals surface area contributed by atoms with E-state index in [1.165, 1.54) is 16.8 Å². The molecule has 2 aromatic carbocycles. The number of anilines is 1. The van der Waals surface area contributed by atoms with Crippen LogP contribution in [0.25, 0.3) is 11.6 Å². The maximum Gasteiger partial charge on any atom is 0.0998 e. The number of hydrogen-bond donors (Lipinski definition) is 0. The summed E-state index contributed by atoms with van der Waals surface area (Å²) in [4.78, 5) is 2.38. The van der Waals surface area contributed by atoms with E-state index >= 15 is 0 Å². The molecule has 0 N–H and O–H groups in total. The average Bonchev–Trinajstić information content (AvgIpc) is 2.58. The van der Waals surface area contributed by atoms with Crippen molar-refractivity contribution in [2.75, 3.05) is 11.9 Å². The zero-order valence-corrected chi connectivity index (χ0v) is 16.9. The van der Waals surface area contributed by atoms with Gasteiger partial charge in [0.05, 0.1) is 11.6 Å². The Morgan fingerprint density at radius 1 is 1.31 bits per heavy atom. The third-order valence-corrected chi connectivity index (χ3v) is 5.81. The van der Waals surface area contributed by atoms with E-state index in [9.17, 15) is 5.26 Å². The first-order chi connectivity index (χ1) is 12.2. The Balaban J connectivity index is 2.10. The lowest BCUT2D eigenvalue weighted by Gasteiger charge is -2.45. The summed E-state index contributed by atoms with van der Waals surface area (Å²) in [7, 11) is 2.17. The Labute approximate surface area is 161 Å². The van der Waals surface area contributed by atoms with Gasteiger partial charge in [0.2, 0.25) is 0 Å². The zero-order chi connectivity index (χ0) is 19.1. The number of fused-ring (bicyclic) bond motifs is 1. The van der Waals surface area contributed by atoms with Gasteiger partial charge >= 0.3 is 0 Å². The van der Waals surface area contributed by atoms with Crippen LogP contribution in [0.1, 0.15) is 55.4 Å². The molecule has 0 saturated heterocycles. The Bertz CT molecular complexity index is 918. The number of hydrogen-bond acceptors (Lipinski definition) is 2. The summed E-state index contributed by atoms with van der Waals surface area (Å²) in [6.45, 7) is 8.99. The molecular formula is C23H25ClN2. The molecule has 26 heavy (non-hydrogen) atoms. The van der Waals surface area contributed by atoms with Gasteiger partial charge in [-0.1, -0.05) is 30.7 Å². The molecule has 1 heterocycles. The van der Waals surface area contributed by atoms with Crippen molar-refractivity contribution in [1.29, 1.82) is 5.26 Å². The average molecular weight is 365 g/mol. The van der Waals surface area contributed by atoms with Crippen molar-refractivity contribution in [3.63, 3.8) is 0 Å². The van der Waals surface area contributed by atoms with Gasteiger partial charge in [0.1, 0.15) is 0 Å². The molecule has 0 spiro atoms. The highest BCUT2D eigenvalue weighted by Gasteiger charge is 2.34. The highest BCUT2D eigenvalue weighted by molar-refractivity contribution is 6.30. The van der Waals surface area contributed by atoms with E-state index in [4.69, 9.17) is 11.6 Å². The van der Waals surface area contributed by atoms with Gasteiger partial charge in [-0.2, -0.15) is 5.26 Å². The molecule has 0 unspecified atom stereocenters. The first kappa shape index (κ1) is 18.5. The minimum Gasteiger partial charge on any atom is -0.369 e. The molecule has 0 amide bonds. The molecule has 0 radical (unpaired) electrons. The molecular weight excluding hydrogens is 340 g/mol. The van der Waals surface area contributed by atoms with E-state index in [1.54, 1.807) is 0 Å². The molecule has 3 rings (SSSR count). The van der Waals surface area contributed by atoms with Crippen molar-refractivity contribution in [1.82, 2.24) is 0 Å². The number of rotatable bonds is 2. The minimum atomic E-state index is 0.148. The van der Waals surface area contributed by atoms with E-state index < -0.39 is 0 Å². The zero-order valence-electron chi connectivity index (χ0n) is 16.1. The molecule has 3 heteroatoms. The normalized spacial score (nSPS) is 19.0. The Kier molecular flexibility index (Phi) is 4.86. The molecule has 2 nitrogen and oxygen atoms in total. The maximum absolute atomic E-state index is 9.65. The minimum absolute atomic E-state index is 0.148. The van der Waals surface area contributed by atoms with Gasteiger partial charge in [-0.15, -0.1) is 0 Å². The summed E-state index contributed by atoms with van der Waals surface area (Å²) in [6, 6.07) is 14.3. The number of nitriles is 1. The smallest absolute Gasteiger partial charge is 0.0998 e. The lowest BCUT2D eigenvalue weighted by molar-refractivity contribution is 0.395. The predicted molar refractivity (Wildman–Crippen MR) is 112 cm³/mol.